The lowest BCUT2D eigenvalue weighted by Gasteiger charge is -2.28. The maximum absolute atomic E-state index is 12.8. The first-order chi connectivity index (χ1) is 14.4. The Labute approximate surface area is 177 Å². The molecule has 158 valence electrons. The van der Waals surface area contributed by atoms with Gasteiger partial charge in [-0.15, -0.1) is 0 Å². The molecule has 0 saturated heterocycles. The standard InChI is InChI=1S/C24H28N2O4/c1-4-22(27)26-10-9-16-13-17(5-7-19(16)26)23(28)25-15-24(2,3)18-6-8-20-21(14-18)30-12-11-29-20/h5-8,13-14H,4,9-12,15H2,1-3H3,(H,25,28). The van der Waals surface area contributed by atoms with E-state index in [0.29, 0.717) is 38.3 Å². The molecule has 6 heteroatoms. The van der Waals surface area contributed by atoms with Crippen LogP contribution in [0.3, 0.4) is 0 Å². The first kappa shape index (κ1) is 20.3. The van der Waals surface area contributed by atoms with Crippen molar-refractivity contribution in [2.75, 3.05) is 31.2 Å². The van der Waals surface area contributed by atoms with Crippen LogP contribution in [-0.4, -0.2) is 38.1 Å². The molecule has 2 aromatic rings. The van der Waals surface area contributed by atoms with E-state index in [0.717, 1.165) is 34.7 Å². The van der Waals surface area contributed by atoms with Crippen molar-refractivity contribution in [3.63, 3.8) is 0 Å². The first-order valence-electron chi connectivity index (χ1n) is 10.5. The zero-order valence-corrected chi connectivity index (χ0v) is 17.8. The smallest absolute Gasteiger partial charge is 0.251 e. The van der Waals surface area contributed by atoms with E-state index in [2.05, 4.69) is 19.2 Å². The molecule has 4 rings (SSSR count). The van der Waals surface area contributed by atoms with Crippen molar-refractivity contribution >= 4 is 17.5 Å². The number of rotatable bonds is 5. The molecular formula is C24H28N2O4. The number of hydrogen-bond acceptors (Lipinski definition) is 4. The number of nitrogens with one attached hydrogen (secondary N) is 1. The second kappa shape index (κ2) is 8.01. The van der Waals surface area contributed by atoms with Gasteiger partial charge in [-0.3, -0.25) is 9.59 Å². The lowest BCUT2D eigenvalue weighted by Crippen LogP contribution is -2.36. The van der Waals surface area contributed by atoms with Gasteiger partial charge in [0.2, 0.25) is 5.91 Å². The maximum atomic E-state index is 12.8. The van der Waals surface area contributed by atoms with Gasteiger partial charge < -0.3 is 19.7 Å². The molecule has 0 aliphatic carbocycles. The van der Waals surface area contributed by atoms with E-state index < -0.39 is 0 Å². The van der Waals surface area contributed by atoms with Gasteiger partial charge in [-0.05, 0) is 47.9 Å². The van der Waals surface area contributed by atoms with Crippen molar-refractivity contribution in [1.82, 2.24) is 5.32 Å². The normalized spacial score (nSPS) is 15.0. The second-order valence-electron chi connectivity index (χ2n) is 8.42. The predicted octanol–water partition coefficient (Wildman–Crippen LogP) is 3.46. The van der Waals surface area contributed by atoms with Gasteiger partial charge in [0, 0.05) is 36.2 Å². The summed E-state index contributed by atoms with van der Waals surface area (Å²) in [6, 6.07) is 11.5. The maximum Gasteiger partial charge on any atom is 0.251 e. The molecule has 0 radical (unpaired) electrons. The minimum absolute atomic E-state index is 0.108. The Kier molecular flexibility index (Phi) is 5.41. The molecule has 0 saturated carbocycles. The Balaban J connectivity index is 1.44. The summed E-state index contributed by atoms with van der Waals surface area (Å²) < 4.78 is 11.3. The second-order valence-corrected chi connectivity index (χ2v) is 8.42. The van der Waals surface area contributed by atoms with Crippen molar-refractivity contribution in [2.24, 2.45) is 0 Å². The largest absolute Gasteiger partial charge is 0.486 e. The zero-order chi connectivity index (χ0) is 21.3. The van der Waals surface area contributed by atoms with Crippen molar-refractivity contribution < 1.29 is 19.1 Å². The highest BCUT2D eigenvalue weighted by atomic mass is 16.6. The summed E-state index contributed by atoms with van der Waals surface area (Å²) in [5.74, 6) is 1.53. The number of fused-ring (bicyclic) bond motifs is 2. The van der Waals surface area contributed by atoms with E-state index in [1.165, 1.54) is 0 Å². The van der Waals surface area contributed by atoms with Crippen LogP contribution in [0, 0.1) is 0 Å². The molecule has 0 aromatic heterocycles. The Bertz CT molecular complexity index is 983. The summed E-state index contributed by atoms with van der Waals surface area (Å²) in [5, 5.41) is 3.06. The Morgan fingerprint density at radius 1 is 1.07 bits per heavy atom. The quantitative estimate of drug-likeness (QED) is 0.823. The molecule has 0 spiro atoms. The fourth-order valence-corrected chi connectivity index (χ4v) is 3.96. The van der Waals surface area contributed by atoms with E-state index >= 15 is 0 Å². The van der Waals surface area contributed by atoms with Crippen LogP contribution < -0.4 is 19.7 Å². The third kappa shape index (κ3) is 3.86. The van der Waals surface area contributed by atoms with Crippen LogP contribution in [0.25, 0.3) is 0 Å². The van der Waals surface area contributed by atoms with Crippen molar-refractivity contribution in [1.29, 1.82) is 0 Å². The van der Waals surface area contributed by atoms with E-state index in [9.17, 15) is 9.59 Å². The Morgan fingerprint density at radius 3 is 2.60 bits per heavy atom. The van der Waals surface area contributed by atoms with Crippen LogP contribution >= 0.6 is 0 Å². The monoisotopic (exact) mass is 408 g/mol. The third-order valence-corrected chi connectivity index (χ3v) is 5.86. The molecule has 0 unspecified atom stereocenters. The SMILES string of the molecule is CCC(=O)N1CCc2cc(C(=O)NCC(C)(C)c3ccc4c(c3)OCCO4)ccc21. The van der Waals surface area contributed by atoms with Gasteiger partial charge in [0.05, 0.1) is 0 Å². The molecule has 2 heterocycles. The molecule has 0 bridgehead atoms. The van der Waals surface area contributed by atoms with Gasteiger partial charge in [0.25, 0.3) is 5.91 Å². The lowest BCUT2D eigenvalue weighted by molar-refractivity contribution is -0.118. The van der Waals surface area contributed by atoms with Gasteiger partial charge >= 0.3 is 0 Å². The van der Waals surface area contributed by atoms with Gasteiger partial charge in [-0.25, -0.2) is 0 Å². The van der Waals surface area contributed by atoms with Crippen LogP contribution in [0.4, 0.5) is 5.69 Å². The van der Waals surface area contributed by atoms with Gasteiger partial charge in [0.1, 0.15) is 13.2 Å². The van der Waals surface area contributed by atoms with Crippen LogP contribution in [0.2, 0.25) is 0 Å². The van der Waals surface area contributed by atoms with E-state index in [-0.39, 0.29) is 17.2 Å². The van der Waals surface area contributed by atoms with Crippen LogP contribution in [-0.2, 0) is 16.6 Å². The number of anilines is 1. The number of benzene rings is 2. The summed E-state index contributed by atoms with van der Waals surface area (Å²) in [4.78, 5) is 26.7. The number of carbonyl (C=O) groups excluding carboxylic acids is 2. The highest BCUT2D eigenvalue weighted by Gasteiger charge is 2.26. The summed E-state index contributed by atoms with van der Waals surface area (Å²) in [6.45, 7) is 8.34. The molecule has 2 amide bonds. The van der Waals surface area contributed by atoms with E-state index in [1.807, 2.05) is 42.2 Å². The molecule has 0 atom stereocenters. The van der Waals surface area contributed by atoms with E-state index in [1.54, 1.807) is 6.07 Å². The molecular weight excluding hydrogens is 380 g/mol. The number of ether oxygens (including phenoxy) is 2. The number of hydrogen-bond donors (Lipinski definition) is 1. The lowest BCUT2D eigenvalue weighted by atomic mass is 9.84. The summed E-state index contributed by atoms with van der Waals surface area (Å²) in [5.41, 5.74) is 3.41. The van der Waals surface area contributed by atoms with E-state index in [4.69, 9.17) is 9.47 Å². The fraction of sp³-hybridized carbons (Fsp3) is 0.417. The van der Waals surface area contributed by atoms with Crippen molar-refractivity contribution in [2.45, 2.75) is 39.0 Å². The predicted molar refractivity (Wildman–Crippen MR) is 116 cm³/mol. The average molecular weight is 408 g/mol. The number of nitrogens with zero attached hydrogens (tertiary/aromatic N) is 1. The fourth-order valence-electron chi connectivity index (χ4n) is 3.96. The molecule has 6 nitrogen and oxygen atoms in total. The molecule has 1 N–H and O–H groups in total. The minimum Gasteiger partial charge on any atom is -0.486 e. The highest BCUT2D eigenvalue weighted by molar-refractivity contribution is 5.98. The van der Waals surface area contributed by atoms with Crippen molar-refractivity contribution in [3.8, 4) is 11.5 Å². The summed E-state index contributed by atoms with van der Waals surface area (Å²) in [6.07, 6.45) is 1.27. The number of amides is 2. The Hall–Kier alpha value is -3.02. The zero-order valence-electron chi connectivity index (χ0n) is 17.8. The molecule has 2 aliphatic rings. The molecule has 30 heavy (non-hydrogen) atoms. The third-order valence-electron chi connectivity index (χ3n) is 5.86. The summed E-state index contributed by atoms with van der Waals surface area (Å²) >= 11 is 0. The topological polar surface area (TPSA) is 67.9 Å². The van der Waals surface area contributed by atoms with Gasteiger partial charge in [0.15, 0.2) is 11.5 Å². The average Bonchev–Trinajstić information content (AvgIpc) is 3.20. The first-order valence-corrected chi connectivity index (χ1v) is 10.5. The summed E-state index contributed by atoms with van der Waals surface area (Å²) in [7, 11) is 0. The minimum atomic E-state index is -0.271. The molecule has 2 aromatic carbocycles. The van der Waals surface area contributed by atoms with Gasteiger partial charge in [-0.1, -0.05) is 26.8 Å². The number of carbonyl (C=O) groups is 2. The molecule has 2 aliphatic heterocycles. The van der Waals surface area contributed by atoms with Gasteiger partial charge in [-0.2, -0.15) is 0 Å². The van der Waals surface area contributed by atoms with Crippen LogP contribution in [0.15, 0.2) is 36.4 Å². The Morgan fingerprint density at radius 2 is 1.83 bits per heavy atom. The highest BCUT2D eigenvalue weighted by Crippen LogP contribution is 2.35. The molecule has 0 fully saturated rings. The van der Waals surface area contributed by atoms with Crippen molar-refractivity contribution in [3.05, 3.63) is 53.1 Å². The van der Waals surface area contributed by atoms with Crippen LogP contribution in [0.1, 0.15) is 48.7 Å². The van der Waals surface area contributed by atoms with Crippen LogP contribution in [0.5, 0.6) is 11.5 Å².